The van der Waals surface area contributed by atoms with Crippen LogP contribution in [0.4, 0.5) is 10.7 Å². The molecule has 0 spiro atoms. The van der Waals surface area contributed by atoms with Crippen molar-refractivity contribution in [3.63, 3.8) is 0 Å². The monoisotopic (exact) mass is 531 g/mol. The molecule has 2 rings (SSSR count). The first-order valence-corrected chi connectivity index (χ1v) is 8.48. The average molecular weight is 535 g/mol. The number of anilines is 1. The van der Waals surface area contributed by atoms with E-state index in [-0.39, 0.29) is 0 Å². The topological polar surface area (TPSA) is 47.4 Å². The molecule has 0 amide bonds. The number of carbonyl (C=O) groups excluding carboxylic acids is 1. The molecule has 0 atom stereocenters. The Bertz CT molecular complexity index is 712. The highest BCUT2D eigenvalue weighted by molar-refractivity contribution is 9.15. The Labute approximate surface area is 149 Å². The van der Waals surface area contributed by atoms with Crippen molar-refractivity contribution in [1.82, 2.24) is 9.55 Å². The molecule has 1 aromatic heterocycles. The van der Waals surface area contributed by atoms with E-state index >= 15 is 0 Å². The molecule has 0 saturated heterocycles. The zero-order chi connectivity index (χ0) is 15.2. The van der Waals surface area contributed by atoms with Gasteiger partial charge >= 0.3 is 6.09 Å². The third-order valence-electron chi connectivity index (χ3n) is 2.61. The third kappa shape index (κ3) is 2.42. The summed E-state index contributed by atoms with van der Waals surface area (Å²) < 4.78 is 9.35. The zero-order valence-electron chi connectivity index (χ0n) is 10.7. The molecule has 0 N–H and O–H groups in total. The molecule has 1 heterocycles. The lowest BCUT2D eigenvalue weighted by Crippen LogP contribution is -2.20. The first-order valence-electron chi connectivity index (χ1n) is 5.31. The highest BCUT2D eigenvalue weighted by Crippen LogP contribution is 2.44. The molecule has 0 aliphatic rings. The molecule has 0 aliphatic heterocycles. The van der Waals surface area contributed by atoms with Crippen LogP contribution in [0.15, 0.2) is 17.9 Å². The van der Waals surface area contributed by atoms with Gasteiger partial charge in [-0.15, -0.1) is 0 Å². The van der Waals surface area contributed by atoms with Crippen molar-refractivity contribution in [2.75, 3.05) is 26.1 Å². The Morgan fingerprint density at radius 2 is 1.65 bits per heavy atom. The minimum Gasteiger partial charge on any atom is -0.452 e. The smallest absolute Gasteiger partial charge is 0.421 e. The van der Waals surface area contributed by atoms with E-state index in [2.05, 4.69) is 68.7 Å². The van der Waals surface area contributed by atoms with Crippen molar-refractivity contribution in [2.24, 2.45) is 0 Å². The summed E-state index contributed by atoms with van der Waals surface area (Å²) in [5.74, 6) is 0.484. The number of rotatable bonds is 1. The highest BCUT2D eigenvalue weighted by atomic mass is 79.9. The quantitative estimate of drug-likeness (QED) is 0.391. The molecule has 0 unspecified atom stereocenters. The first kappa shape index (κ1) is 16.3. The standard InChI is InChI=1S/C11H9Br4N3O2/c1-17(2)10-16-8-6(14)4(12)5(13)7(15)9(8)18(10)11(19)20-3/h1-3H3. The van der Waals surface area contributed by atoms with E-state index < -0.39 is 6.09 Å². The number of methoxy groups -OCH3 is 1. The SMILES string of the molecule is COC(=O)n1c(N(C)C)nc2c(Br)c(Br)c(Br)c(Br)c21. The van der Waals surface area contributed by atoms with Gasteiger partial charge in [-0.05, 0) is 63.7 Å². The van der Waals surface area contributed by atoms with Crippen LogP contribution in [0.3, 0.4) is 0 Å². The number of ether oxygens (including phenoxy) is 1. The van der Waals surface area contributed by atoms with Gasteiger partial charge < -0.3 is 9.64 Å². The molecular formula is C11H9Br4N3O2. The van der Waals surface area contributed by atoms with Crippen molar-refractivity contribution < 1.29 is 9.53 Å². The van der Waals surface area contributed by atoms with Gasteiger partial charge in [0.25, 0.3) is 0 Å². The molecule has 9 heteroatoms. The number of carbonyl (C=O) groups is 1. The number of nitrogens with zero attached hydrogens (tertiary/aromatic N) is 3. The minimum absolute atomic E-state index is 0.484. The van der Waals surface area contributed by atoms with E-state index in [1.54, 1.807) is 4.90 Å². The summed E-state index contributed by atoms with van der Waals surface area (Å²) >= 11 is 13.9. The van der Waals surface area contributed by atoms with Crippen LogP contribution in [0, 0.1) is 0 Å². The number of hydrogen-bond donors (Lipinski definition) is 0. The van der Waals surface area contributed by atoms with E-state index in [1.165, 1.54) is 11.7 Å². The molecule has 0 saturated carbocycles. The Kier molecular flexibility index (Phi) is 4.83. The van der Waals surface area contributed by atoms with Gasteiger partial charge in [-0.2, -0.15) is 0 Å². The summed E-state index contributed by atoms with van der Waals surface area (Å²) in [6.07, 6.45) is -0.502. The van der Waals surface area contributed by atoms with Crippen LogP contribution in [0.1, 0.15) is 0 Å². The van der Waals surface area contributed by atoms with E-state index in [1.807, 2.05) is 14.1 Å². The lowest BCUT2D eigenvalue weighted by Gasteiger charge is -2.13. The van der Waals surface area contributed by atoms with Gasteiger partial charge in [-0.3, -0.25) is 0 Å². The van der Waals surface area contributed by atoms with Crippen molar-refractivity contribution in [2.45, 2.75) is 0 Å². The van der Waals surface area contributed by atoms with Gasteiger partial charge in [0.2, 0.25) is 5.95 Å². The number of halogens is 4. The Morgan fingerprint density at radius 1 is 1.10 bits per heavy atom. The molecule has 0 bridgehead atoms. The van der Waals surface area contributed by atoms with Crippen LogP contribution in [0.25, 0.3) is 11.0 Å². The molecule has 0 fully saturated rings. The van der Waals surface area contributed by atoms with Gasteiger partial charge in [-0.1, -0.05) is 0 Å². The molecule has 5 nitrogen and oxygen atoms in total. The number of benzene rings is 1. The second kappa shape index (κ2) is 5.94. The predicted octanol–water partition coefficient (Wildman–Crippen LogP) is 4.77. The van der Waals surface area contributed by atoms with E-state index in [0.29, 0.717) is 21.5 Å². The lowest BCUT2D eigenvalue weighted by molar-refractivity contribution is 0.174. The molecule has 1 aromatic carbocycles. The first-order chi connectivity index (χ1) is 9.31. The van der Waals surface area contributed by atoms with E-state index in [9.17, 15) is 4.79 Å². The average Bonchev–Trinajstić information content (AvgIpc) is 2.82. The second-order valence-corrected chi connectivity index (χ2v) is 7.24. The number of imidazole rings is 1. The normalized spacial score (nSPS) is 10.9. The molecule has 0 radical (unpaired) electrons. The van der Waals surface area contributed by atoms with Crippen molar-refractivity contribution in [3.8, 4) is 0 Å². The van der Waals surface area contributed by atoms with Gasteiger partial charge in [0.15, 0.2) is 0 Å². The Hall–Kier alpha value is -0.120. The number of hydrogen-bond acceptors (Lipinski definition) is 4. The Balaban J connectivity index is 3.01. The molecule has 108 valence electrons. The fourth-order valence-electron chi connectivity index (χ4n) is 1.73. The fourth-order valence-corrected chi connectivity index (χ4v) is 4.07. The summed E-state index contributed by atoms with van der Waals surface area (Å²) in [5, 5.41) is 0. The van der Waals surface area contributed by atoms with Crippen molar-refractivity contribution in [3.05, 3.63) is 17.9 Å². The zero-order valence-corrected chi connectivity index (χ0v) is 17.0. The van der Waals surface area contributed by atoms with Crippen LogP contribution in [-0.4, -0.2) is 36.8 Å². The third-order valence-corrected chi connectivity index (χ3v) is 7.34. The maximum Gasteiger partial charge on any atom is 0.421 e. The minimum atomic E-state index is -0.502. The summed E-state index contributed by atoms with van der Waals surface area (Å²) in [7, 11) is 4.96. The fraction of sp³-hybridized carbons (Fsp3) is 0.273. The highest BCUT2D eigenvalue weighted by Gasteiger charge is 2.25. The van der Waals surface area contributed by atoms with Gasteiger partial charge in [0.05, 0.1) is 21.6 Å². The van der Waals surface area contributed by atoms with Crippen molar-refractivity contribution in [1.29, 1.82) is 0 Å². The van der Waals surface area contributed by atoms with Crippen LogP contribution >= 0.6 is 63.7 Å². The Morgan fingerprint density at radius 3 is 2.15 bits per heavy atom. The lowest BCUT2D eigenvalue weighted by atomic mass is 10.3. The van der Waals surface area contributed by atoms with E-state index in [0.717, 1.165) is 13.4 Å². The van der Waals surface area contributed by atoms with Crippen LogP contribution < -0.4 is 4.90 Å². The second-order valence-electron chi connectivity index (χ2n) is 4.06. The van der Waals surface area contributed by atoms with Gasteiger partial charge in [0.1, 0.15) is 5.52 Å². The van der Waals surface area contributed by atoms with Crippen LogP contribution in [0.2, 0.25) is 0 Å². The largest absolute Gasteiger partial charge is 0.452 e. The molecule has 20 heavy (non-hydrogen) atoms. The maximum atomic E-state index is 12.1. The number of aromatic nitrogens is 2. The van der Waals surface area contributed by atoms with Crippen LogP contribution in [0.5, 0.6) is 0 Å². The summed E-state index contributed by atoms with van der Waals surface area (Å²) in [6, 6.07) is 0. The van der Waals surface area contributed by atoms with Gasteiger partial charge in [-0.25, -0.2) is 14.3 Å². The predicted molar refractivity (Wildman–Crippen MR) is 92.7 cm³/mol. The van der Waals surface area contributed by atoms with E-state index in [4.69, 9.17) is 4.74 Å². The maximum absolute atomic E-state index is 12.1. The molecular weight excluding hydrogens is 526 g/mol. The van der Waals surface area contributed by atoms with Crippen LogP contribution in [-0.2, 0) is 4.74 Å². The summed E-state index contributed by atoms with van der Waals surface area (Å²) in [5.41, 5.74) is 1.28. The summed E-state index contributed by atoms with van der Waals surface area (Å²) in [6.45, 7) is 0. The van der Waals surface area contributed by atoms with Gasteiger partial charge in [0, 0.05) is 23.0 Å². The number of fused-ring (bicyclic) bond motifs is 1. The molecule has 0 aliphatic carbocycles. The van der Waals surface area contributed by atoms with Crippen molar-refractivity contribution >= 4 is 86.8 Å². The molecule has 2 aromatic rings. The summed E-state index contributed by atoms with van der Waals surface area (Å²) in [4.78, 5) is 18.3.